The minimum absolute atomic E-state index is 0.204. The van der Waals surface area contributed by atoms with Crippen molar-refractivity contribution < 1.29 is 9.90 Å². The lowest BCUT2D eigenvalue weighted by Gasteiger charge is -2.13. The third-order valence-electron chi connectivity index (χ3n) is 4.68. The van der Waals surface area contributed by atoms with Crippen molar-refractivity contribution >= 4 is 17.5 Å². The van der Waals surface area contributed by atoms with Crippen LogP contribution < -0.4 is 5.32 Å². The molecular formula is C23H20N4O2. The summed E-state index contributed by atoms with van der Waals surface area (Å²) in [5.41, 5.74) is 4.47. The predicted octanol–water partition coefficient (Wildman–Crippen LogP) is 4.99. The molecule has 0 amide bonds. The highest BCUT2D eigenvalue weighted by atomic mass is 16.4. The molecule has 0 saturated heterocycles. The molecule has 29 heavy (non-hydrogen) atoms. The minimum atomic E-state index is -0.987. The van der Waals surface area contributed by atoms with E-state index < -0.39 is 5.97 Å². The van der Waals surface area contributed by atoms with Crippen molar-refractivity contribution in [3.05, 3.63) is 89.6 Å². The van der Waals surface area contributed by atoms with E-state index in [-0.39, 0.29) is 5.56 Å². The summed E-state index contributed by atoms with van der Waals surface area (Å²) in [6, 6.07) is 20.8. The summed E-state index contributed by atoms with van der Waals surface area (Å²) in [5, 5.41) is 17.6. The molecule has 6 nitrogen and oxygen atoms in total. The first-order valence-corrected chi connectivity index (χ1v) is 9.21. The normalized spacial score (nSPS) is 10.7. The molecule has 0 unspecified atom stereocenters. The Hall–Kier alpha value is -3.93. The van der Waals surface area contributed by atoms with Crippen molar-refractivity contribution in [1.29, 1.82) is 0 Å². The fourth-order valence-electron chi connectivity index (χ4n) is 3.13. The van der Waals surface area contributed by atoms with Crippen LogP contribution in [0.15, 0.2) is 72.9 Å². The van der Waals surface area contributed by atoms with Gasteiger partial charge in [-0.2, -0.15) is 9.78 Å². The quantitative estimate of drug-likeness (QED) is 0.506. The third-order valence-corrected chi connectivity index (χ3v) is 4.68. The van der Waals surface area contributed by atoms with Crippen LogP contribution >= 0.6 is 0 Å². The van der Waals surface area contributed by atoms with Gasteiger partial charge >= 0.3 is 5.97 Å². The molecule has 0 radical (unpaired) electrons. The smallest absolute Gasteiger partial charge is 0.337 e. The van der Waals surface area contributed by atoms with Gasteiger partial charge in [0.05, 0.1) is 16.9 Å². The van der Waals surface area contributed by atoms with Crippen LogP contribution in [0.3, 0.4) is 0 Å². The third kappa shape index (κ3) is 3.73. The Bertz CT molecular complexity index is 1170. The van der Waals surface area contributed by atoms with Crippen LogP contribution in [0.2, 0.25) is 0 Å². The molecule has 2 N–H and O–H groups in total. The Balaban J connectivity index is 1.84. The number of hydrogen-bond donors (Lipinski definition) is 2. The average Bonchev–Trinajstić information content (AvgIpc) is 3.14. The first-order chi connectivity index (χ1) is 14.0. The second kappa shape index (κ2) is 7.59. The number of aromatic carboxylic acids is 1. The number of nitrogens with one attached hydrogen (secondary N) is 1. The second-order valence-corrected chi connectivity index (χ2v) is 6.81. The number of aryl methyl sites for hydroxylation is 2. The van der Waals surface area contributed by atoms with E-state index in [1.165, 1.54) is 5.56 Å². The van der Waals surface area contributed by atoms with Crippen LogP contribution in [-0.2, 0) is 0 Å². The summed E-state index contributed by atoms with van der Waals surface area (Å²) in [6.07, 6.45) is 1.70. The molecular weight excluding hydrogens is 364 g/mol. The molecule has 0 aliphatic carbocycles. The van der Waals surface area contributed by atoms with Gasteiger partial charge in [0.15, 0.2) is 5.82 Å². The Morgan fingerprint density at radius 2 is 1.79 bits per heavy atom. The highest BCUT2D eigenvalue weighted by Gasteiger charge is 2.17. The lowest BCUT2D eigenvalue weighted by molar-refractivity contribution is 0.0698. The molecule has 0 aliphatic heterocycles. The molecule has 2 aromatic heterocycles. The number of carboxylic acids is 1. The number of carboxylic acid groups (broad SMARTS) is 1. The topological polar surface area (TPSA) is 80.0 Å². The molecule has 4 aromatic rings. The van der Waals surface area contributed by atoms with Crippen molar-refractivity contribution in [3.63, 3.8) is 0 Å². The summed E-state index contributed by atoms with van der Waals surface area (Å²) in [5.74, 6) is 0.286. The number of para-hydroxylation sites is 1. The summed E-state index contributed by atoms with van der Waals surface area (Å²) in [4.78, 5) is 16.1. The summed E-state index contributed by atoms with van der Waals surface area (Å²) >= 11 is 0. The first-order valence-electron chi connectivity index (χ1n) is 9.21. The van der Waals surface area contributed by atoms with E-state index in [2.05, 4.69) is 10.3 Å². The largest absolute Gasteiger partial charge is 0.478 e. The van der Waals surface area contributed by atoms with Crippen molar-refractivity contribution in [1.82, 2.24) is 14.8 Å². The molecule has 0 spiro atoms. The maximum atomic E-state index is 11.7. The summed E-state index contributed by atoms with van der Waals surface area (Å²) in [6.45, 7) is 3.91. The number of carbonyl (C=O) groups is 1. The number of aromatic nitrogens is 3. The van der Waals surface area contributed by atoms with Gasteiger partial charge in [-0.3, -0.25) is 0 Å². The van der Waals surface area contributed by atoms with Crippen LogP contribution in [-0.4, -0.2) is 25.8 Å². The highest BCUT2D eigenvalue weighted by molar-refractivity contribution is 5.96. The zero-order valence-corrected chi connectivity index (χ0v) is 16.1. The van der Waals surface area contributed by atoms with Gasteiger partial charge in [-0.05, 0) is 37.6 Å². The van der Waals surface area contributed by atoms with Crippen LogP contribution in [0.5, 0.6) is 0 Å². The van der Waals surface area contributed by atoms with E-state index in [0.29, 0.717) is 17.3 Å². The second-order valence-electron chi connectivity index (χ2n) is 6.81. The molecule has 4 rings (SSSR count). The van der Waals surface area contributed by atoms with Crippen LogP contribution in [0.4, 0.5) is 11.5 Å². The average molecular weight is 384 g/mol. The fourth-order valence-corrected chi connectivity index (χ4v) is 3.13. The standard InChI is InChI=1S/C23H20N4O2/c1-15-9-11-17(12-10-15)19-14-21(27(26-19)20-8-3-4-13-24-20)25-22-16(2)6-5-7-18(22)23(28)29/h3-14,25H,1-2H3,(H,28,29). The zero-order valence-electron chi connectivity index (χ0n) is 16.1. The Morgan fingerprint density at radius 3 is 2.48 bits per heavy atom. The van der Waals surface area contributed by atoms with Gasteiger partial charge in [-0.25, -0.2) is 9.78 Å². The maximum Gasteiger partial charge on any atom is 0.337 e. The summed E-state index contributed by atoms with van der Waals surface area (Å²) in [7, 11) is 0. The van der Waals surface area contributed by atoms with Crippen molar-refractivity contribution in [2.24, 2.45) is 0 Å². The number of nitrogens with zero attached hydrogens (tertiary/aromatic N) is 3. The van der Waals surface area contributed by atoms with Crippen LogP contribution in [0.1, 0.15) is 21.5 Å². The molecule has 144 valence electrons. The Morgan fingerprint density at radius 1 is 1.00 bits per heavy atom. The van der Waals surface area contributed by atoms with Gasteiger partial charge in [0, 0.05) is 17.8 Å². The SMILES string of the molecule is Cc1ccc(-c2cc(Nc3c(C)cccc3C(=O)O)n(-c3ccccn3)n2)cc1. The number of pyridine rings is 1. The molecule has 0 saturated carbocycles. The fraction of sp³-hybridized carbons (Fsp3) is 0.0870. The Kier molecular flexibility index (Phi) is 4.83. The monoisotopic (exact) mass is 384 g/mol. The molecule has 0 aliphatic rings. The number of hydrogen-bond acceptors (Lipinski definition) is 4. The van der Waals surface area contributed by atoms with E-state index in [0.717, 1.165) is 16.8 Å². The van der Waals surface area contributed by atoms with Gasteiger partial charge in [-0.15, -0.1) is 0 Å². The molecule has 0 bridgehead atoms. The summed E-state index contributed by atoms with van der Waals surface area (Å²) < 4.78 is 1.69. The van der Waals surface area contributed by atoms with Crippen molar-refractivity contribution in [2.45, 2.75) is 13.8 Å². The van der Waals surface area contributed by atoms with Gasteiger partial charge in [0.2, 0.25) is 0 Å². The number of anilines is 2. The van der Waals surface area contributed by atoms with E-state index in [9.17, 15) is 9.90 Å². The van der Waals surface area contributed by atoms with E-state index >= 15 is 0 Å². The maximum absolute atomic E-state index is 11.7. The zero-order chi connectivity index (χ0) is 20.4. The van der Waals surface area contributed by atoms with Crippen LogP contribution in [0, 0.1) is 13.8 Å². The number of benzene rings is 2. The molecule has 0 atom stereocenters. The number of rotatable bonds is 5. The van der Waals surface area contributed by atoms with Gasteiger partial charge in [0.1, 0.15) is 5.82 Å². The van der Waals surface area contributed by atoms with Gasteiger partial charge in [-0.1, -0.05) is 48.0 Å². The first kappa shape index (κ1) is 18.4. The Labute approximate surface area is 168 Å². The minimum Gasteiger partial charge on any atom is -0.478 e. The molecule has 2 aromatic carbocycles. The van der Waals surface area contributed by atoms with Gasteiger partial charge < -0.3 is 10.4 Å². The van der Waals surface area contributed by atoms with Gasteiger partial charge in [0.25, 0.3) is 0 Å². The predicted molar refractivity (Wildman–Crippen MR) is 113 cm³/mol. The molecule has 2 heterocycles. The van der Waals surface area contributed by atoms with E-state index in [1.54, 1.807) is 23.0 Å². The molecule has 0 fully saturated rings. The molecule has 6 heteroatoms. The highest BCUT2D eigenvalue weighted by Crippen LogP contribution is 2.30. The van der Waals surface area contributed by atoms with E-state index in [1.807, 2.05) is 68.4 Å². The lowest BCUT2D eigenvalue weighted by atomic mass is 10.1. The van der Waals surface area contributed by atoms with Crippen molar-refractivity contribution in [3.8, 4) is 17.1 Å². The van der Waals surface area contributed by atoms with E-state index in [4.69, 9.17) is 5.10 Å². The van der Waals surface area contributed by atoms with Crippen molar-refractivity contribution in [2.75, 3.05) is 5.32 Å². The lowest BCUT2D eigenvalue weighted by Crippen LogP contribution is -2.08. The van der Waals surface area contributed by atoms with Crippen LogP contribution in [0.25, 0.3) is 17.1 Å².